The van der Waals surface area contributed by atoms with Crippen LogP contribution in [0.4, 0.5) is 0 Å². The van der Waals surface area contributed by atoms with E-state index in [4.69, 9.17) is 0 Å². The molecule has 138 valence electrons. The number of rotatable bonds is 6. The van der Waals surface area contributed by atoms with E-state index in [0.717, 1.165) is 19.3 Å². The normalized spacial score (nSPS) is 17.0. The quantitative estimate of drug-likeness (QED) is 0.801. The summed E-state index contributed by atoms with van der Waals surface area (Å²) in [4.78, 5) is 38.5. The summed E-state index contributed by atoms with van der Waals surface area (Å²) in [6.07, 6.45) is 3.88. The van der Waals surface area contributed by atoms with Crippen molar-refractivity contribution in [1.29, 1.82) is 0 Å². The highest BCUT2D eigenvalue weighted by Gasteiger charge is 2.36. The van der Waals surface area contributed by atoms with E-state index in [1.165, 1.54) is 9.58 Å². The average molecular weight is 357 g/mol. The predicted molar refractivity (Wildman–Crippen MR) is 97.2 cm³/mol. The van der Waals surface area contributed by atoms with Gasteiger partial charge in [-0.3, -0.25) is 9.59 Å². The Hall–Kier alpha value is -2.70. The number of benzene rings is 1. The zero-order valence-electron chi connectivity index (χ0n) is 14.9. The van der Waals surface area contributed by atoms with Crippen molar-refractivity contribution in [3.63, 3.8) is 0 Å². The topological polar surface area (TPSA) is 92.5 Å². The van der Waals surface area contributed by atoms with Crippen LogP contribution in [-0.2, 0) is 11.3 Å². The third-order valence-electron chi connectivity index (χ3n) is 4.84. The molecule has 0 saturated carbocycles. The maximum atomic E-state index is 13.1. The molecule has 2 heterocycles. The van der Waals surface area contributed by atoms with Crippen molar-refractivity contribution in [2.75, 3.05) is 6.54 Å². The van der Waals surface area contributed by atoms with Crippen molar-refractivity contribution in [2.24, 2.45) is 0 Å². The monoisotopic (exact) mass is 357 g/mol. The Balaban J connectivity index is 2.06. The molecule has 7 nitrogen and oxygen atoms in total. The molecule has 1 aliphatic rings. The molecular weight excluding hydrogens is 334 g/mol. The zero-order chi connectivity index (χ0) is 18.7. The van der Waals surface area contributed by atoms with Crippen LogP contribution in [0.2, 0.25) is 0 Å². The fourth-order valence-electron chi connectivity index (χ4n) is 3.46. The highest BCUT2D eigenvalue weighted by atomic mass is 16.4. The third-order valence-corrected chi connectivity index (χ3v) is 4.84. The number of unbranched alkanes of at least 4 members (excludes halogenated alkanes) is 2. The molecule has 3 rings (SSSR count). The third kappa shape index (κ3) is 3.34. The summed E-state index contributed by atoms with van der Waals surface area (Å²) in [5, 5.41) is 14.6. The van der Waals surface area contributed by atoms with Crippen molar-refractivity contribution < 1.29 is 14.7 Å². The summed E-state index contributed by atoms with van der Waals surface area (Å²) in [5.74, 6) is -1.42. The van der Waals surface area contributed by atoms with E-state index in [-0.39, 0.29) is 11.3 Å². The van der Waals surface area contributed by atoms with Crippen LogP contribution in [-0.4, -0.2) is 44.3 Å². The Morgan fingerprint density at radius 3 is 2.65 bits per heavy atom. The summed E-state index contributed by atoms with van der Waals surface area (Å²) < 4.78 is 1.34. The van der Waals surface area contributed by atoms with Crippen molar-refractivity contribution in [3.8, 4) is 0 Å². The van der Waals surface area contributed by atoms with Gasteiger partial charge in [-0.2, -0.15) is 5.10 Å². The molecule has 1 amide bonds. The Labute approximate surface area is 151 Å². The fraction of sp³-hybridized carbons (Fsp3) is 0.474. The molecular formula is C19H23N3O4. The highest BCUT2D eigenvalue weighted by Crippen LogP contribution is 2.22. The maximum absolute atomic E-state index is 13.1. The van der Waals surface area contributed by atoms with Crippen LogP contribution >= 0.6 is 0 Å². The van der Waals surface area contributed by atoms with Crippen LogP contribution in [0, 0.1) is 0 Å². The fourth-order valence-corrected chi connectivity index (χ4v) is 3.46. The molecule has 26 heavy (non-hydrogen) atoms. The largest absolute Gasteiger partial charge is 0.480 e. The van der Waals surface area contributed by atoms with E-state index in [1.807, 2.05) is 0 Å². The van der Waals surface area contributed by atoms with Gasteiger partial charge in [-0.05, 0) is 25.3 Å². The molecule has 7 heteroatoms. The number of hydrogen-bond acceptors (Lipinski definition) is 4. The number of carboxylic acid groups (broad SMARTS) is 1. The summed E-state index contributed by atoms with van der Waals surface area (Å²) in [6, 6.07) is 6.05. The number of aromatic nitrogens is 2. The minimum Gasteiger partial charge on any atom is -0.480 e. The SMILES string of the molecule is CCCCCn1nc(C(=O)N2CCC[C@@H]2C(=O)O)c2ccccc2c1=O. The molecule has 0 bridgehead atoms. The minimum atomic E-state index is -1.00. The molecule has 1 aromatic heterocycles. The number of fused-ring (bicyclic) bond motifs is 1. The second-order valence-electron chi connectivity index (χ2n) is 6.62. The zero-order valence-corrected chi connectivity index (χ0v) is 14.9. The summed E-state index contributed by atoms with van der Waals surface area (Å²) in [7, 11) is 0. The van der Waals surface area contributed by atoms with Crippen LogP contribution in [0.5, 0.6) is 0 Å². The Morgan fingerprint density at radius 2 is 1.96 bits per heavy atom. The number of nitrogens with zero attached hydrogens (tertiary/aromatic N) is 3. The Morgan fingerprint density at radius 1 is 1.23 bits per heavy atom. The number of aryl methyl sites for hydroxylation is 1. The molecule has 2 aromatic rings. The van der Waals surface area contributed by atoms with Crippen molar-refractivity contribution in [3.05, 3.63) is 40.3 Å². The van der Waals surface area contributed by atoms with E-state index in [1.54, 1.807) is 24.3 Å². The molecule has 0 aliphatic carbocycles. The van der Waals surface area contributed by atoms with E-state index in [2.05, 4.69) is 12.0 Å². The number of aliphatic carboxylic acids is 1. The lowest BCUT2D eigenvalue weighted by Crippen LogP contribution is -2.41. The van der Waals surface area contributed by atoms with Gasteiger partial charge in [0.1, 0.15) is 6.04 Å². The van der Waals surface area contributed by atoms with E-state index < -0.39 is 17.9 Å². The molecule has 0 unspecified atom stereocenters. The van der Waals surface area contributed by atoms with E-state index in [0.29, 0.717) is 36.7 Å². The van der Waals surface area contributed by atoms with Gasteiger partial charge in [0.2, 0.25) is 0 Å². The van der Waals surface area contributed by atoms with Gasteiger partial charge in [0.25, 0.3) is 11.5 Å². The maximum Gasteiger partial charge on any atom is 0.326 e. The van der Waals surface area contributed by atoms with Gasteiger partial charge in [0.15, 0.2) is 5.69 Å². The highest BCUT2D eigenvalue weighted by molar-refractivity contribution is 6.05. The standard InChI is InChI=1S/C19H23N3O4/c1-2-3-6-12-22-17(23)14-9-5-4-8-13(14)16(20-22)18(24)21-11-7-10-15(21)19(25)26/h4-5,8-9,15H,2-3,6-7,10-12H2,1H3,(H,25,26)/t15-/m1/s1. The van der Waals surface area contributed by atoms with Crippen LogP contribution in [0.3, 0.4) is 0 Å². The van der Waals surface area contributed by atoms with Gasteiger partial charge >= 0.3 is 5.97 Å². The summed E-state index contributed by atoms with van der Waals surface area (Å²) in [5.41, 5.74) is -0.0608. The predicted octanol–water partition coefficient (Wildman–Crippen LogP) is 2.28. The van der Waals surface area contributed by atoms with Gasteiger partial charge in [-0.1, -0.05) is 38.0 Å². The molecule has 1 saturated heterocycles. The number of amides is 1. The summed E-state index contributed by atoms with van der Waals surface area (Å²) in [6.45, 7) is 2.91. The van der Waals surface area contributed by atoms with Gasteiger partial charge in [-0.25, -0.2) is 9.48 Å². The molecule has 0 radical (unpaired) electrons. The smallest absolute Gasteiger partial charge is 0.326 e. The van der Waals surface area contributed by atoms with Crippen LogP contribution < -0.4 is 5.56 Å². The van der Waals surface area contributed by atoms with E-state index >= 15 is 0 Å². The van der Waals surface area contributed by atoms with Gasteiger partial charge in [0.05, 0.1) is 5.39 Å². The second-order valence-corrected chi connectivity index (χ2v) is 6.62. The molecule has 0 spiro atoms. The first-order valence-electron chi connectivity index (χ1n) is 9.08. The first-order valence-corrected chi connectivity index (χ1v) is 9.08. The molecule has 1 N–H and O–H groups in total. The average Bonchev–Trinajstić information content (AvgIpc) is 3.13. The van der Waals surface area contributed by atoms with Gasteiger partial charge in [-0.15, -0.1) is 0 Å². The van der Waals surface area contributed by atoms with Crippen LogP contribution in [0.1, 0.15) is 49.5 Å². The van der Waals surface area contributed by atoms with E-state index in [9.17, 15) is 19.5 Å². The van der Waals surface area contributed by atoms with Gasteiger partial charge in [0, 0.05) is 18.5 Å². The lowest BCUT2D eigenvalue weighted by molar-refractivity contribution is -0.141. The van der Waals surface area contributed by atoms with Crippen molar-refractivity contribution in [2.45, 2.75) is 51.6 Å². The lowest BCUT2D eigenvalue weighted by Gasteiger charge is -2.22. The van der Waals surface area contributed by atoms with Crippen molar-refractivity contribution >= 4 is 22.6 Å². The molecule has 1 aromatic carbocycles. The number of carbonyl (C=O) groups excluding carboxylic acids is 1. The minimum absolute atomic E-state index is 0.157. The molecule has 1 aliphatic heterocycles. The van der Waals surface area contributed by atoms with Crippen LogP contribution in [0.25, 0.3) is 10.8 Å². The second kappa shape index (κ2) is 7.68. The van der Waals surface area contributed by atoms with Crippen molar-refractivity contribution in [1.82, 2.24) is 14.7 Å². The Kier molecular flexibility index (Phi) is 5.35. The number of likely N-dealkylation sites (tertiary alicyclic amines) is 1. The summed E-state index contributed by atoms with van der Waals surface area (Å²) >= 11 is 0. The Bertz CT molecular complexity index is 890. The molecule has 1 fully saturated rings. The first kappa shape index (κ1) is 18.1. The number of carbonyl (C=O) groups is 2. The van der Waals surface area contributed by atoms with Gasteiger partial charge < -0.3 is 10.0 Å². The molecule has 1 atom stereocenters. The number of carboxylic acids is 1. The van der Waals surface area contributed by atoms with Crippen LogP contribution in [0.15, 0.2) is 29.1 Å². The first-order chi connectivity index (χ1) is 12.5. The number of hydrogen-bond donors (Lipinski definition) is 1. The lowest BCUT2D eigenvalue weighted by atomic mass is 10.1.